The summed E-state index contributed by atoms with van der Waals surface area (Å²) < 4.78 is 42.3. The first-order chi connectivity index (χ1) is 9.86. The monoisotopic (exact) mass is 333 g/mol. The number of carboxylic acid groups (broad SMARTS) is 1. The zero-order valence-corrected chi connectivity index (χ0v) is 12.9. The fourth-order valence-corrected chi connectivity index (χ4v) is 4.78. The Morgan fingerprint density at radius 2 is 1.95 bits per heavy atom. The molecule has 1 heterocycles. The van der Waals surface area contributed by atoms with Gasteiger partial charge in [-0.15, -0.1) is 0 Å². The molecular formula is C12H15NO6S2. The highest BCUT2D eigenvalue weighted by Gasteiger charge is 2.29. The first-order valence-corrected chi connectivity index (χ1v) is 9.05. The Morgan fingerprint density at radius 3 is 2.48 bits per heavy atom. The van der Waals surface area contributed by atoms with Crippen LogP contribution in [-0.4, -0.2) is 59.7 Å². The Bertz CT molecular complexity index is 675. The van der Waals surface area contributed by atoms with Crippen molar-refractivity contribution in [2.75, 3.05) is 31.7 Å². The number of hydrogen-bond acceptors (Lipinski definition) is 5. The van der Waals surface area contributed by atoms with Crippen LogP contribution in [0, 0.1) is 0 Å². The maximum Gasteiger partial charge on any atom is 0.339 e. The van der Waals surface area contributed by atoms with E-state index in [1.54, 1.807) is 0 Å². The molecule has 2 rings (SSSR count). The number of carboxylic acids is 1. The van der Waals surface area contributed by atoms with Gasteiger partial charge in [-0.1, -0.05) is 0 Å². The molecule has 0 radical (unpaired) electrons. The Labute approximate surface area is 125 Å². The summed E-state index contributed by atoms with van der Waals surface area (Å²) in [4.78, 5) is 11.0. The van der Waals surface area contributed by atoms with Crippen LogP contribution in [0.25, 0.3) is 0 Å². The fourth-order valence-electron chi connectivity index (χ4n) is 2.03. The van der Waals surface area contributed by atoms with Crippen molar-refractivity contribution in [2.24, 2.45) is 0 Å². The molecule has 1 aliphatic heterocycles. The topological polar surface area (TPSA) is 101 Å². The maximum atomic E-state index is 12.5. The number of aromatic carboxylic acids is 1. The van der Waals surface area contributed by atoms with Crippen LogP contribution in [0.1, 0.15) is 10.4 Å². The number of hydrogen-bond donors (Lipinski definition) is 1. The summed E-state index contributed by atoms with van der Waals surface area (Å²) in [7, 11) is -3.46. The van der Waals surface area contributed by atoms with Gasteiger partial charge in [-0.2, -0.15) is 4.31 Å². The van der Waals surface area contributed by atoms with Gasteiger partial charge in [0.25, 0.3) is 0 Å². The van der Waals surface area contributed by atoms with Crippen molar-refractivity contribution >= 4 is 26.8 Å². The minimum Gasteiger partial charge on any atom is -0.496 e. The molecule has 1 aromatic carbocycles. The highest BCUT2D eigenvalue weighted by Crippen LogP contribution is 2.25. The normalized spacial score (nSPS) is 17.6. The van der Waals surface area contributed by atoms with Crippen molar-refractivity contribution in [3.8, 4) is 5.75 Å². The van der Waals surface area contributed by atoms with Gasteiger partial charge in [-0.25, -0.2) is 13.2 Å². The standard InChI is InChI=1S/C12H15NO6S2/c1-19-11-3-2-9(8-10(11)12(14)15)21(17,18)13-4-6-20(16)7-5-13/h2-3,8H,4-7H2,1H3,(H,14,15). The smallest absolute Gasteiger partial charge is 0.339 e. The summed E-state index contributed by atoms with van der Waals surface area (Å²) in [6.45, 7) is 0.340. The van der Waals surface area contributed by atoms with Gasteiger partial charge in [0.2, 0.25) is 10.0 Å². The Balaban J connectivity index is 2.38. The molecule has 9 heteroatoms. The average molecular weight is 333 g/mol. The zero-order valence-electron chi connectivity index (χ0n) is 11.3. The first-order valence-electron chi connectivity index (χ1n) is 6.12. The Morgan fingerprint density at radius 1 is 1.33 bits per heavy atom. The van der Waals surface area contributed by atoms with Crippen LogP contribution in [0.5, 0.6) is 5.75 Å². The number of ether oxygens (including phenoxy) is 1. The first kappa shape index (κ1) is 15.9. The zero-order chi connectivity index (χ0) is 15.6. The lowest BCUT2D eigenvalue weighted by molar-refractivity contribution is 0.0693. The third-order valence-electron chi connectivity index (χ3n) is 3.18. The molecule has 0 saturated carbocycles. The second-order valence-electron chi connectivity index (χ2n) is 4.42. The lowest BCUT2D eigenvalue weighted by atomic mass is 10.2. The van der Waals surface area contributed by atoms with Crippen molar-refractivity contribution in [3.05, 3.63) is 23.8 Å². The highest BCUT2D eigenvalue weighted by atomic mass is 32.2. The van der Waals surface area contributed by atoms with Gasteiger partial charge in [0.1, 0.15) is 11.3 Å². The third kappa shape index (κ3) is 3.25. The Hall–Kier alpha value is -1.45. The van der Waals surface area contributed by atoms with Gasteiger partial charge < -0.3 is 9.84 Å². The molecule has 0 bridgehead atoms. The highest BCUT2D eigenvalue weighted by molar-refractivity contribution is 7.89. The molecule has 7 nitrogen and oxygen atoms in total. The summed E-state index contributed by atoms with van der Waals surface area (Å²) in [5.41, 5.74) is -0.209. The molecule has 0 aromatic heterocycles. The van der Waals surface area contributed by atoms with E-state index in [0.29, 0.717) is 11.5 Å². The molecule has 1 aliphatic rings. The van der Waals surface area contributed by atoms with E-state index >= 15 is 0 Å². The second-order valence-corrected chi connectivity index (χ2v) is 8.05. The molecule has 116 valence electrons. The van der Waals surface area contributed by atoms with Gasteiger partial charge in [-0.3, -0.25) is 4.21 Å². The van der Waals surface area contributed by atoms with E-state index in [4.69, 9.17) is 9.84 Å². The lowest BCUT2D eigenvalue weighted by Crippen LogP contribution is -2.41. The van der Waals surface area contributed by atoms with Gasteiger partial charge >= 0.3 is 5.97 Å². The molecule has 0 aliphatic carbocycles. The fraction of sp³-hybridized carbons (Fsp3) is 0.417. The molecule has 0 amide bonds. The van der Waals surface area contributed by atoms with Gasteiger partial charge in [0.05, 0.1) is 12.0 Å². The minimum atomic E-state index is -3.79. The van der Waals surface area contributed by atoms with E-state index in [1.807, 2.05) is 0 Å². The van der Waals surface area contributed by atoms with Crippen LogP contribution in [0.15, 0.2) is 23.1 Å². The van der Waals surface area contributed by atoms with Crippen LogP contribution < -0.4 is 4.74 Å². The SMILES string of the molecule is COc1ccc(S(=O)(=O)N2CCS(=O)CC2)cc1C(=O)O. The molecule has 1 fully saturated rings. The third-order valence-corrected chi connectivity index (χ3v) is 6.35. The predicted octanol–water partition coefficient (Wildman–Crippen LogP) is 0.146. The average Bonchev–Trinajstić information content (AvgIpc) is 2.46. The number of methoxy groups -OCH3 is 1. The summed E-state index contributed by atoms with van der Waals surface area (Å²) in [6.07, 6.45) is 0. The number of benzene rings is 1. The van der Waals surface area contributed by atoms with Crippen molar-refractivity contribution in [3.63, 3.8) is 0 Å². The number of sulfonamides is 1. The predicted molar refractivity (Wildman–Crippen MR) is 76.6 cm³/mol. The second kappa shape index (κ2) is 6.12. The van der Waals surface area contributed by atoms with E-state index in [-0.39, 0.29) is 29.3 Å². The molecular weight excluding hydrogens is 318 g/mol. The molecule has 0 atom stereocenters. The van der Waals surface area contributed by atoms with E-state index < -0.39 is 26.8 Å². The Kier molecular flexibility index (Phi) is 4.64. The molecule has 1 aromatic rings. The van der Waals surface area contributed by atoms with Gasteiger partial charge in [0, 0.05) is 35.4 Å². The molecule has 21 heavy (non-hydrogen) atoms. The van der Waals surface area contributed by atoms with Crippen LogP contribution >= 0.6 is 0 Å². The van der Waals surface area contributed by atoms with E-state index in [0.717, 1.165) is 6.07 Å². The molecule has 1 saturated heterocycles. The van der Waals surface area contributed by atoms with Crippen molar-refractivity contribution in [2.45, 2.75) is 4.90 Å². The molecule has 0 unspecified atom stereocenters. The van der Waals surface area contributed by atoms with Gasteiger partial charge in [0.15, 0.2) is 0 Å². The van der Waals surface area contributed by atoms with Crippen LogP contribution in [-0.2, 0) is 20.8 Å². The minimum absolute atomic E-state index is 0.0983. The number of nitrogens with zero attached hydrogens (tertiary/aromatic N) is 1. The van der Waals surface area contributed by atoms with Crippen molar-refractivity contribution < 1.29 is 27.3 Å². The maximum absolute atomic E-state index is 12.5. The van der Waals surface area contributed by atoms with Gasteiger partial charge in [-0.05, 0) is 18.2 Å². The van der Waals surface area contributed by atoms with E-state index in [9.17, 15) is 17.4 Å². The van der Waals surface area contributed by atoms with E-state index in [2.05, 4.69) is 0 Å². The largest absolute Gasteiger partial charge is 0.496 e. The van der Waals surface area contributed by atoms with E-state index in [1.165, 1.54) is 23.5 Å². The van der Waals surface area contributed by atoms with Crippen LogP contribution in [0.3, 0.4) is 0 Å². The summed E-state index contributed by atoms with van der Waals surface area (Å²) >= 11 is 0. The van der Waals surface area contributed by atoms with Crippen molar-refractivity contribution in [1.29, 1.82) is 0 Å². The summed E-state index contributed by atoms with van der Waals surface area (Å²) in [6, 6.07) is 3.71. The van der Waals surface area contributed by atoms with Crippen LogP contribution in [0.4, 0.5) is 0 Å². The summed E-state index contributed by atoms with van der Waals surface area (Å²) in [5, 5.41) is 9.10. The van der Waals surface area contributed by atoms with Crippen LogP contribution in [0.2, 0.25) is 0 Å². The molecule has 1 N–H and O–H groups in total. The van der Waals surface area contributed by atoms with Crippen molar-refractivity contribution in [1.82, 2.24) is 4.31 Å². The number of carbonyl (C=O) groups is 1. The lowest BCUT2D eigenvalue weighted by Gasteiger charge is -2.25. The molecule has 0 spiro atoms. The number of rotatable bonds is 4. The summed E-state index contributed by atoms with van der Waals surface area (Å²) in [5.74, 6) is -0.577. The quantitative estimate of drug-likeness (QED) is 0.841.